The molecule has 1 unspecified atom stereocenters. The lowest BCUT2D eigenvalue weighted by molar-refractivity contribution is -0.117. The summed E-state index contributed by atoms with van der Waals surface area (Å²) in [5, 5.41) is 2.78. The van der Waals surface area contributed by atoms with E-state index in [9.17, 15) is 4.79 Å². The van der Waals surface area contributed by atoms with Crippen molar-refractivity contribution in [3.8, 4) is 11.3 Å². The van der Waals surface area contributed by atoms with E-state index in [1.807, 2.05) is 29.6 Å². The summed E-state index contributed by atoms with van der Waals surface area (Å²) >= 11 is 8.41. The molecule has 0 N–H and O–H groups in total. The molecule has 0 radical (unpaired) electrons. The fraction of sp³-hybridized carbons (Fsp3) is 0.231. The van der Waals surface area contributed by atoms with Crippen LogP contribution in [0.3, 0.4) is 0 Å². The molecule has 1 aromatic carbocycles. The second-order valence-electron chi connectivity index (χ2n) is 4.33. The van der Waals surface area contributed by atoms with Gasteiger partial charge in [-0.05, 0) is 12.1 Å². The van der Waals surface area contributed by atoms with Crippen LogP contribution in [0.4, 0.5) is 5.13 Å². The first kappa shape index (κ1) is 13.3. The molecule has 98 valence electrons. The molecule has 6 heteroatoms. The van der Waals surface area contributed by atoms with E-state index in [0.717, 1.165) is 20.9 Å². The van der Waals surface area contributed by atoms with Crippen LogP contribution in [-0.2, 0) is 4.79 Å². The Balaban J connectivity index is 1.87. The summed E-state index contributed by atoms with van der Waals surface area (Å²) in [7, 11) is 0. The first-order valence-electron chi connectivity index (χ1n) is 5.79. The first-order valence-corrected chi connectivity index (χ1v) is 8.38. The second kappa shape index (κ2) is 5.34. The number of carbonyl (C=O) groups excluding carboxylic acids is 1. The molecule has 2 aromatic rings. The summed E-state index contributed by atoms with van der Waals surface area (Å²) in [6.07, 6.45) is 0.549. The molecule has 1 atom stereocenters. The molecule has 1 aliphatic rings. The van der Waals surface area contributed by atoms with Crippen LogP contribution in [-0.4, -0.2) is 22.3 Å². The molecule has 3 rings (SSSR count). The minimum Gasteiger partial charge on any atom is -0.287 e. The van der Waals surface area contributed by atoms with Crippen molar-refractivity contribution in [3.63, 3.8) is 0 Å². The van der Waals surface area contributed by atoms with Gasteiger partial charge in [0.25, 0.3) is 0 Å². The Bertz CT molecular complexity index is 611. The standard InChI is InChI=1S/C13H10Br2N2OS/c14-9-3-1-8(2-4-9)11-7-19-13(16-11)17-6-10(15)5-12(17)18/h1-4,7,10H,5-6H2. The zero-order chi connectivity index (χ0) is 13.4. The topological polar surface area (TPSA) is 33.2 Å². The van der Waals surface area contributed by atoms with E-state index in [-0.39, 0.29) is 10.7 Å². The molecule has 0 bridgehead atoms. The molecule has 1 saturated heterocycles. The predicted octanol–water partition coefficient (Wildman–Crippen LogP) is 4.07. The monoisotopic (exact) mass is 400 g/mol. The molecular formula is C13H10Br2N2OS. The van der Waals surface area contributed by atoms with E-state index in [1.165, 1.54) is 11.3 Å². The third-order valence-electron chi connectivity index (χ3n) is 2.94. The number of rotatable bonds is 2. The van der Waals surface area contributed by atoms with Gasteiger partial charge in [0.05, 0.1) is 5.69 Å². The molecule has 1 fully saturated rings. The van der Waals surface area contributed by atoms with Crippen molar-refractivity contribution < 1.29 is 4.79 Å². The lowest BCUT2D eigenvalue weighted by Crippen LogP contribution is -2.24. The molecule has 1 aliphatic heterocycles. The number of amides is 1. The van der Waals surface area contributed by atoms with Gasteiger partial charge >= 0.3 is 0 Å². The van der Waals surface area contributed by atoms with Crippen molar-refractivity contribution in [1.29, 1.82) is 0 Å². The summed E-state index contributed by atoms with van der Waals surface area (Å²) in [6.45, 7) is 0.701. The van der Waals surface area contributed by atoms with Crippen molar-refractivity contribution in [2.24, 2.45) is 0 Å². The maximum atomic E-state index is 11.8. The van der Waals surface area contributed by atoms with Gasteiger partial charge in [-0.2, -0.15) is 0 Å². The lowest BCUT2D eigenvalue weighted by atomic mass is 10.2. The van der Waals surface area contributed by atoms with Gasteiger partial charge in [0, 0.05) is 33.2 Å². The number of hydrogen-bond donors (Lipinski definition) is 0. The summed E-state index contributed by atoms with van der Waals surface area (Å²) in [4.78, 5) is 18.4. The highest BCUT2D eigenvalue weighted by atomic mass is 79.9. The van der Waals surface area contributed by atoms with Crippen LogP contribution < -0.4 is 4.90 Å². The minimum absolute atomic E-state index is 0.138. The zero-order valence-corrected chi connectivity index (χ0v) is 13.8. The number of hydrogen-bond acceptors (Lipinski definition) is 3. The maximum Gasteiger partial charge on any atom is 0.230 e. The Morgan fingerprint density at radius 1 is 1.32 bits per heavy atom. The van der Waals surface area contributed by atoms with Crippen molar-refractivity contribution in [2.45, 2.75) is 11.2 Å². The van der Waals surface area contributed by atoms with Crippen molar-refractivity contribution in [3.05, 3.63) is 34.1 Å². The predicted molar refractivity (Wildman–Crippen MR) is 84.9 cm³/mol. The molecule has 0 saturated carbocycles. The molecule has 0 aliphatic carbocycles. The summed E-state index contributed by atoms with van der Waals surface area (Å²) in [6, 6.07) is 8.01. The van der Waals surface area contributed by atoms with Gasteiger partial charge in [-0.3, -0.25) is 9.69 Å². The van der Waals surface area contributed by atoms with Gasteiger partial charge in [0.2, 0.25) is 5.91 Å². The van der Waals surface area contributed by atoms with E-state index < -0.39 is 0 Å². The smallest absolute Gasteiger partial charge is 0.230 e. The average Bonchev–Trinajstić information content (AvgIpc) is 2.97. The van der Waals surface area contributed by atoms with Gasteiger partial charge in [0.15, 0.2) is 5.13 Å². The number of thiazole rings is 1. The number of halogens is 2. The Labute approximate surface area is 131 Å². The van der Waals surface area contributed by atoms with E-state index in [2.05, 4.69) is 36.8 Å². The lowest BCUT2D eigenvalue weighted by Gasteiger charge is -2.10. The minimum atomic E-state index is 0.138. The van der Waals surface area contributed by atoms with Gasteiger partial charge in [-0.1, -0.05) is 44.0 Å². The van der Waals surface area contributed by atoms with Crippen molar-refractivity contribution in [1.82, 2.24) is 4.98 Å². The number of aromatic nitrogens is 1. The Hall–Kier alpha value is -0.720. The third-order valence-corrected chi connectivity index (χ3v) is 4.95. The summed E-state index contributed by atoms with van der Waals surface area (Å²) < 4.78 is 1.04. The molecule has 3 nitrogen and oxygen atoms in total. The van der Waals surface area contributed by atoms with Crippen LogP contribution in [0.15, 0.2) is 34.1 Å². The quantitative estimate of drug-likeness (QED) is 0.710. The number of benzene rings is 1. The summed E-state index contributed by atoms with van der Waals surface area (Å²) in [5.41, 5.74) is 1.98. The highest BCUT2D eigenvalue weighted by Gasteiger charge is 2.30. The number of anilines is 1. The second-order valence-corrected chi connectivity index (χ2v) is 7.38. The number of alkyl halides is 1. The highest BCUT2D eigenvalue weighted by Crippen LogP contribution is 2.31. The van der Waals surface area contributed by atoms with E-state index in [4.69, 9.17) is 0 Å². The van der Waals surface area contributed by atoms with Crippen LogP contribution in [0, 0.1) is 0 Å². The largest absolute Gasteiger partial charge is 0.287 e. The van der Waals surface area contributed by atoms with Crippen LogP contribution in [0.2, 0.25) is 0 Å². The molecule has 1 aromatic heterocycles. The molecule has 19 heavy (non-hydrogen) atoms. The van der Waals surface area contributed by atoms with E-state index in [1.54, 1.807) is 4.90 Å². The molecule has 1 amide bonds. The number of nitrogens with zero attached hydrogens (tertiary/aromatic N) is 2. The summed E-state index contributed by atoms with van der Waals surface area (Å²) in [5.74, 6) is 0.138. The SMILES string of the molecule is O=C1CC(Br)CN1c1nc(-c2ccc(Br)cc2)cs1. The van der Waals surface area contributed by atoms with E-state index in [0.29, 0.717) is 13.0 Å². The Morgan fingerprint density at radius 3 is 2.68 bits per heavy atom. The normalized spacial score (nSPS) is 19.2. The Morgan fingerprint density at radius 2 is 2.05 bits per heavy atom. The third kappa shape index (κ3) is 2.75. The number of carbonyl (C=O) groups is 1. The molecular weight excluding hydrogens is 392 g/mol. The van der Waals surface area contributed by atoms with Gasteiger partial charge in [-0.15, -0.1) is 11.3 Å². The average molecular weight is 402 g/mol. The van der Waals surface area contributed by atoms with Crippen LogP contribution in [0.1, 0.15) is 6.42 Å². The van der Waals surface area contributed by atoms with Gasteiger partial charge < -0.3 is 0 Å². The van der Waals surface area contributed by atoms with Crippen molar-refractivity contribution in [2.75, 3.05) is 11.4 Å². The fourth-order valence-corrected chi connectivity index (χ4v) is 3.68. The van der Waals surface area contributed by atoms with Crippen LogP contribution in [0.25, 0.3) is 11.3 Å². The molecule has 2 heterocycles. The van der Waals surface area contributed by atoms with E-state index >= 15 is 0 Å². The van der Waals surface area contributed by atoms with Crippen LogP contribution >= 0.6 is 43.2 Å². The van der Waals surface area contributed by atoms with Crippen LogP contribution in [0.5, 0.6) is 0 Å². The first-order chi connectivity index (χ1) is 9.13. The maximum absolute atomic E-state index is 11.8. The Kier molecular flexibility index (Phi) is 3.73. The van der Waals surface area contributed by atoms with Crippen molar-refractivity contribution >= 4 is 54.2 Å². The highest BCUT2D eigenvalue weighted by molar-refractivity contribution is 9.10. The zero-order valence-electron chi connectivity index (χ0n) is 9.85. The van der Waals surface area contributed by atoms with Gasteiger partial charge in [-0.25, -0.2) is 4.98 Å². The van der Waals surface area contributed by atoms with Gasteiger partial charge in [0.1, 0.15) is 0 Å². The fourth-order valence-electron chi connectivity index (χ4n) is 1.99. The molecule has 0 spiro atoms.